The Bertz CT molecular complexity index is 846. The molecule has 0 spiro atoms. The average Bonchev–Trinajstić information content (AvgIpc) is 2.77. The molecule has 0 unspecified atom stereocenters. The van der Waals surface area contributed by atoms with E-state index in [-0.39, 0.29) is 17.9 Å². The first kappa shape index (κ1) is 19.9. The van der Waals surface area contributed by atoms with Gasteiger partial charge in [-0.05, 0) is 31.4 Å². The Morgan fingerprint density at radius 2 is 1.62 bits per heavy atom. The average molecular weight is 418 g/mol. The number of hydrogen-bond acceptors (Lipinski definition) is 5. The number of halogens is 2. The molecule has 29 heavy (non-hydrogen) atoms. The minimum Gasteiger partial charge on any atom is -0.356 e. The largest absolute Gasteiger partial charge is 0.356 e. The van der Waals surface area contributed by atoms with Crippen molar-refractivity contribution in [2.75, 3.05) is 49.1 Å². The molecule has 2 aliphatic rings. The van der Waals surface area contributed by atoms with Crippen molar-refractivity contribution in [3.8, 4) is 0 Å². The number of carbonyl (C=O) groups excluding carboxylic acids is 1. The fourth-order valence-electron chi connectivity index (χ4n) is 3.96. The van der Waals surface area contributed by atoms with Gasteiger partial charge in [0, 0.05) is 55.9 Å². The maximum absolute atomic E-state index is 14.0. The van der Waals surface area contributed by atoms with Crippen LogP contribution in [0.2, 0.25) is 5.02 Å². The standard InChI is InChI=1S/C21H25ClFN5O/c22-17-5-4-6-18(23)16(17)13-21(29)28-11-9-27(10-12-28)20-14-19(24-15-25-20)26-7-2-1-3-8-26/h4-6,14-15H,1-3,7-13H2. The molecule has 0 saturated carbocycles. The molecule has 1 amide bonds. The Kier molecular flexibility index (Phi) is 6.13. The van der Waals surface area contributed by atoms with Crippen LogP contribution in [-0.2, 0) is 11.2 Å². The summed E-state index contributed by atoms with van der Waals surface area (Å²) in [6, 6.07) is 6.54. The van der Waals surface area contributed by atoms with E-state index >= 15 is 0 Å². The molecule has 8 heteroatoms. The van der Waals surface area contributed by atoms with Crippen molar-refractivity contribution in [1.29, 1.82) is 0 Å². The SMILES string of the molecule is O=C(Cc1c(F)cccc1Cl)N1CCN(c2cc(N3CCCCC3)ncn2)CC1. The minimum absolute atomic E-state index is 0.0158. The zero-order valence-corrected chi connectivity index (χ0v) is 17.1. The molecule has 3 heterocycles. The molecule has 2 aromatic rings. The summed E-state index contributed by atoms with van der Waals surface area (Å²) in [5, 5.41) is 0.295. The first-order chi connectivity index (χ1) is 14.1. The van der Waals surface area contributed by atoms with E-state index in [0.29, 0.717) is 31.2 Å². The molecule has 0 aliphatic carbocycles. The van der Waals surface area contributed by atoms with Gasteiger partial charge in [-0.1, -0.05) is 17.7 Å². The summed E-state index contributed by atoms with van der Waals surface area (Å²) in [5.74, 6) is 1.33. The van der Waals surface area contributed by atoms with Crippen LogP contribution in [0.3, 0.4) is 0 Å². The van der Waals surface area contributed by atoms with Crippen molar-refractivity contribution >= 4 is 29.1 Å². The number of nitrogens with zero attached hydrogens (tertiary/aromatic N) is 5. The number of benzene rings is 1. The summed E-state index contributed by atoms with van der Waals surface area (Å²) in [6.07, 6.45) is 5.29. The summed E-state index contributed by atoms with van der Waals surface area (Å²) in [4.78, 5) is 27.8. The highest BCUT2D eigenvalue weighted by Crippen LogP contribution is 2.23. The predicted molar refractivity (Wildman–Crippen MR) is 112 cm³/mol. The molecule has 4 rings (SSSR count). The third-order valence-corrected chi connectivity index (χ3v) is 6.02. The summed E-state index contributed by atoms with van der Waals surface area (Å²) in [7, 11) is 0. The zero-order chi connectivity index (χ0) is 20.2. The van der Waals surface area contributed by atoms with Gasteiger partial charge < -0.3 is 14.7 Å². The zero-order valence-electron chi connectivity index (χ0n) is 16.4. The van der Waals surface area contributed by atoms with Crippen LogP contribution in [0.15, 0.2) is 30.6 Å². The van der Waals surface area contributed by atoms with Gasteiger partial charge in [0.2, 0.25) is 5.91 Å². The van der Waals surface area contributed by atoms with Crippen LogP contribution in [-0.4, -0.2) is 60.0 Å². The third kappa shape index (κ3) is 4.61. The van der Waals surface area contributed by atoms with Crippen LogP contribution in [0.5, 0.6) is 0 Å². The fourth-order valence-corrected chi connectivity index (χ4v) is 4.19. The van der Waals surface area contributed by atoms with Crippen molar-refractivity contribution in [1.82, 2.24) is 14.9 Å². The number of hydrogen-bond donors (Lipinski definition) is 0. The topological polar surface area (TPSA) is 52.6 Å². The van der Waals surface area contributed by atoms with E-state index in [9.17, 15) is 9.18 Å². The molecule has 0 radical (unpaired) electrons. The van der Waals surface area contributed by atoms with Gasteiger partial charge in [-0.15, -0.1) is 0 Å². The molecule has 0 N–H and O–H groups in total. The summed E-state index contributed by atoms with van der Waals surface area (Å²) in [5.41, 5.74) is 0.267. The molecule has 154 valence electrons. The molecule has 1 aromatic heterocycles. The van der Waals surface area contributed by atoms with Gasteiger partial charge >= 0.3 is 0 Å². The van der Waals surface area contributed by atoms with Gasteiger partial charge in [-0.2, -0.15) is 0 Å². The molecular weight excluding hydrogens is 393 g/mol. The van der Waals surface area contributed by atoms with Gasteiger partial charge in [0.25, 0.3) is 0 Å². The number of amides is 1. The van der Waals surface area contributed by atoms with E-state index in [2.05, 4.69) is 19.8 Å². The van der Waals surface area contributed by atoms with Crippen LogP contribution < -0.4 is 9.80 Å². The maximum Gasteiger partial charge on any atom is 0.227 e. The van der Waals surface area contributed by atoms with Gasteiger partial charge in [0.05, 0.1) is 6.42 Å². The Morgan fingerprint density at radius 1 is 0.966 bits per heavy atom. The summed E-state index contributed by atoms with van der Waals surface area (Å²) < 4.78 is 14.0. The number of rotatable bonds is 4. The number of anilines is 2. The molecule has 6 nitrogen and oxygen atoms in total. The quantitative estimate of drug-likeness (QED) is 0.764. The van der Waals surface area contributed by atoms with Crippen LogP contribution >= 0.6 is 11.6 Å². The normalized spacial score (nSPS) is 17.5. The van der Waals surface area contributed by atoms with E-state index in [1.807, 2.05) is 6.07 Å². The lowest BCUT2D eigenvalue weighted by atomic mass is 10.1. The second kappa shape index (κ2) is 8.95. The highest BCUT2D eigenvalue weighted by molar-refractivity contribution is 6.31. The second-order valence-corrected chi connectivity index (χ2v) is 7.93. The first-order valence-corrected chi connectivity index (χ1v) is 10.5. The van der Waals surface area contributed by atoms with Crippen molar-refractivity contribution in [3.63, 3.8) is 0 Å². The molecule has 2 aliphatic heterocycles. The van der Waals surface area contributed by atoms with Gasteiger partial charge in [0.15, 0.2) is 0 Å². The molecule has 0 bridgehead atoms. The fraction of sp³-hybridized carbons (Fsp3) is 0.476. The van der Waals surface area contributed by atoms with Crippen molar-refractivity contribution < 1.29 is 9.18 Å². The molecule has 2 fully saturated rings. The van der Waals surface area contributed by atoms with Crippen LogP contribution in [0.4, 0.5) is 16.0 Å². The first-order valence-electron chi connectivity index (χ1n) is 10.1. The van der Waals surface area contributed by atoms with Gasteiger partial charge in [-0.25, -0.2) is 14.4 Å². The number of piperazine rings is 1. The lowest BCUT2D eigenvalue weighted by molar-refractivity contribution is -0.130. The highest BCUT2D eigenvalue weighted by Gasteiger charge is 2.24. The van der Waals surface area contributed by atoms with Gasteiger partial charge in [0.1, 0.15) is 23.8 Å². The Labute approximate surface area is 175 Å². The van der Waals surface area contributed by atoms with Gasteiger partial charge in [-0.3, -0.25) is 4.79 Å². The lowest BCUT2D eigenvalue weighted by Crippen LogP contribution is -2.49. The van der Waals surface area contributed by atoms with E-state index in [0.717, 1.165) is 24.7 Å². The summed E-state index contributed by atoms with van der Waals surface area (Å²) in [6.45, 7) is 4.61. The number of aromatic nitrogens is 2. The molecular formula is C21H25ClFN5O. The minimum atomic E-state index is -0.435. The van der Waals surface area contributed by atoms with Crippen LogP contribution in [0, 0.1) is 5.82 Å². The lowest BCUT2D eigenvalue weighted by Gasteiger charge is -2.36. The molecule has 2 saturated heterocycles. The highest BCUT2D eigenvalue weighted by atomic mass is 35.5. The van der Waals surface area contributed by atoms with Crippen LogP contribution in [0.1, 0.15) is 24.8 Å². The molecule has 1 aromatic carbocycles. The van der Waals surface area contributed by atoms with Crippen molar-refractivity contribution in [2.24, 2.45) is 0 Å². The van der Waals surface area contributed by atoms with E-state index in [1.165, 1.54) is 25.3 Å². The summed E-state index contributed by atoms with van der Waals surface area (Å²) >= 11 is 6.06. The monoisotopic (exact) mass is 417 g/mol. The number of carbonyl (C=O) groups is 1. The predicted octanol–water partition coefficient (Wildman–Crippen LogP) is 3.15. The second-order valence-electron chi connectivity index (χ2n) is 7.53. The van der Waals surface area contributed by atoms with Crippen molar-refractivity contribution in [3.05, 3.63) is 47.0 Å². The van der Waals surface area contributed by atoms with E-state index in [1.54, 1.807) is 23.4 Å². The third-order valence-electron chi connectivity index (χ3n) is 5.66. The van der Waals surface area contributed by atoms with E-state index < -0.39 is 5.82 Å². The smallest absolute Gasteiger partial charge is 0.227 e. The van der Waals surface area contributed by atoms with Crippen molar-refractivity contribution in [2.45, 2.75) is 25.7 Å². The van der Waals surface area contributed by atoms with E-state index in [4.69, 9.17) is 11.6 Å². The molecule has 0 atom stereocenters. The Hall–Kier alpha value is -2.41. The van der Waals surface area contributed by atoms with Crippen LogP contribution in [0.25, 0.3) is 0 Å². The number of piperidine rings is 1. The Morgan fingerprint density at radius 3 is 2.28 bits per heavy atom. The maximum atomic E-state index is 14.0. The Balaban J connectivity index is 1.36.